The first-order chi connectivity index (χ1) is 5.20. The molecule has 1 unspecified atom stereocenters. The molecule has 2 rings (SSSR count). The van der Waals surface area contributed by atoms with Gasteiger partial charge in [-0.2, -0.15) is 0 Å². The Kier molecular flexibility index (Phi) is 2.94. The molecule has 0 bridgehead atoms. The van der Waals surface area contributed by atoms with Crippen molar-refractivity contribution in [2.45, 2.75) is 37.6 Å². The van der Waals surface area contributed by atoms with Crippen LogP contribution in [0.25, 0.3) is 0 Å². The van der Waals surface area contributed by atoms with E-state index in [1.54, 1.807) is 0 Å². The molecule has 0 aromatic rings. The van der Waals surface area contributed by atoms with E-state index in [9.17, 15) is 8.78 Å². The Balaban J connectivity index is 0.000000720. The summed E-state index contributed by atoms with van der Waals surface area (Å²) in [5.74, 6) is -2.16. The molecule has 0 amide bonds. The molecular weight excluding hydrogens is 184 g/mol. The van der Waals surface area contributed by atoms with Crippen LogP contribution in [0.15, 0.2) is 0 Å². The second kappa shape index (κ2) is 3.46. The van der Waals surface area contributed by atoms with Gasteiger partial charge < -0.3 is 5.32 Å². The fourth-order valence-corrected chi connectivity index (χ4v) is 1.83. The average Bonchev–Trinajstić information content (AvgIpc) is 2.69. The zero-order chi connectivity index (χ0) is 7.90. The normalized spacial score (nSPS) is 34.0. The van der Waals surface area contributed by atoms with Crippen molar-refractivity contribution in [1.82, 2.24) is 5.32 Å². The molecule has 12 heavy (non-hydrogen) atoms. The standard InChI is InChI=1S/C8H13F2N.ClH/c9-8(10)4-1-5-11-7(8)6-2-3-6;/h6-7,11H,1-5H2;1H. The number of alkyl halides is 2. The van der Waals surface area contributed by atoms with E-state index in [1.807, 2.05) is 0 Å². The largest absolute Gasteiger partial charge is 0.308 e. The highest BCUT2D eigenvalue weighted by atomic mass is 35.5. The highest BCUT2D eigenvalue weighted by molar-refractivity contribution is 5.85. The van der Waals surface area contributed by atoms with E-state index in [0.29, 0.717) is 6.42 Å². The minimum absolute atomic E-state index is 0. The van der Waals surface area contributed by atoms with Crippen LogP contribution in [0.3, 0.4) is 0 Å². The maximum Gasteiger partial charge on any atom is 0.263 e. The lowest BCUT2D eigenvalue weighted by atomic mass is 9.96. The van der Waals surface area contributed by atoms with Crippen LogP contribution in [0.2, 0.25) is 0 Å². The molecule has 1 atom stereocenters. The Morgan fingerprint density at radius 1 is 1.25 bits per heavy atom. The van der Waals surface area contributed by atoms with Gasteiger partial charge in [0.2, 0.25) is 0 Å². The Bertz CT molecular complexity index is 159. The van der Waals surface area contributed by atoms with Gasteiger partial charge in [0.25, 0.3) is 5.92 Å². The Hall–Kier alpha value is 0.110. The van der Waals surface area contributed by atoms with Crippen LogP contribution in [0.4, 0.5) is 8.78 Å². The van der Waals surface area contributed by atoms with Crippen molar-refractivity contribution in [3.63, 3.8) is 0 Å². The summed E-state index contributed by atoms with van der Waals surface area (Å²) in [5, 5.41) is 2.92. The second-order valence-corrected chi connectivity index (χ2v) is 3.63. The zero-order valence-electron chi connectivity index (χ0n) is 6.85. The molecule has 1 nitrogen and oxygen atoms in total. The van der Waals surface area contributed by atoms with E-state index < -0.39 is 12.0 Å². The van der Waals surface area contributed by atoms with Crippen LogP contribution in [0, 0.1) is 5.92 Å². The smallest absolute Gasteiger partial charge is 0.263 e. The third kappa shape index (κ3) is 1.88. The van der Waals surface area contributed by atoms with Gasteiger partial charge in [0.05, 0.1) is 6.04 Å². The van der Waals surface area contributed by atoms with Crippen molar-refractivity contribution in [3.8, 4) is 0 Å². The Morgan fingerprint density at radius 2 is 1.92 bits per heavy atom. The SMILES string of the molecule is Cl.FC1(F)CCCNC1C1CC1. The topological polar surface area (TPSA) is 12.0 Å². The number of rotatable bonds is 1. The molecule has 2 aliphatic rings. The lowest BCUT2D eigenvalue weighted by molar-refractivity contribution is -0.0671. The Labute approximate surface area is 77.3 Å². The van der Waals surface area contributed by atoms with Gasteiger partial charge in [-0.1, -0.05) is 0 Å². The second-order valence-electron chi connectivity index (χ2n) is 3.63. The predicted molar refractivity (Wildman–Crippen MR) is 45.9 cm³/mol. The molecular formula is C8H14ClF2N. The molecule has 1 heterocycles. The van der Waals surface area contributed by atoms with Crippen molar-refractivity contribution in [3.05, 3.63) is 0 Å². The summed E-state index contributed by atoms with van der Waals surface area (Å²) in [6.45, 7) is 0.775. The molecule has 0 spiro atoms. The number of halogens is 3. The number of piperidine rings is 1. The predicted octanol–water partition coefficient (Wildman–Crippen LogP) is 2.21. The quantitative estimate of drug-likeness (QED) is 0.680. The van der Waals surface area contributed by atoms with Crippen molar-refractivity contribution < 1.29 is 8.78 Å². The maximum atomic E-state index is 13.1. The van der Waals surface area contributed by atoms with Gasteiger partial charge in [-0.25, -0.2) is 8.78 Å². The van der Waals surface area contributed by atoms with Crippen LogP contribution in [-0.2, 0) is 0 Å². The van der Waals surface area contributed by atoms with Gasteiger partial charge in [0.15, 0.2) is 0 Å². The highest BCUT2D eigenvalue weighted by Gasteiger charge is 2.48. The van der Waals surface area contributed by atoms with Crippen LogP contribution < -0.4 is 5.32 Å². The maximum absolute atomic E-state index is 13.1. The van der Waals surface area contributed by atoms with Crippen LogP contribution in [0.1, 0.15) is 25.7 Å². The number of hydrogen-bond donors (Lipinski definition) is 1. The summed E-state index contributed by atoms with van der Waals surface area (Å²) in [6, 6.07) is -0.503. The lowest BCUT2D eigenvalue weighted by Crippen LogP contribution is -2.50. The lowest BCUT2D eigenvalue weighted by Gasteiger charge is -2.32. The third-order valence-corrected chi connectivity index (χ3v) is 2.60. The first kappa shape index (κ1) is 10.2. The van der Waals surface area contributed by atoms with Crippen molar-refractivity contribution in [1.29, 1.82) is 0 Å². The molecule has 2 fully saturated rings. The zero-order valence-corrected chi connectivity index (χ0v) is 7.67. The molecule has 0 radical (unpaired) electrons. The van der Waals surface area contributed by atoms with E-state index in [0.717, 1.165) is 19.4 Å². The molecule has 0 aromatic heterocycles. The summed E-state index contributed by atoms with van der Waals surface area (Å²) < 4.78 is 26.2. The van der Waals surface area contributed by atoms with Gasteiger partial charge in [0, 0.05) is 6.42 Å². The fraction of sp³-hybridized carbons (Fsp3) is 1.00. The summed E-state index contributed by atoms with van der Waals surface area (Å²) >= 11 is 0. The van der Waals surface area contributed by atoms with E-state index in [4.69, 9.17) is 0 Å². The van der Waals surface area contributed by atoms with Gasteiger partial charge >= 0.3 is 0 Å². The summed E-state index contributed by atoms with van der Waals surface area (Å²) in [5.41, 5.74) is 0. The third-order valence-electron chi connectivity index (χ3n) is 2.60. The van der Waals surface area contributed by atoms with Crippen LogP contribution >= 0.6 is 12.4 Å². The molecule has 1 saturated carbocycles. The fourth-order valence-electron chi connectivity index (χ4n) is 1.83. The molecule has 72 valence electrons. The summed E-state index contributed by atoms with van der Waals surface area (Å²) in [7, 11) is 0. The molecule has 1 aliphatic carbocycles. The molecule has 4 heteroatoms. The van der Waals surface area contributed by atoms with Crippen LogP contribution in [-0.4, -0.2) is 18.5 Å². The van der Waals surface area contributed by atoms with Crippen molar-refractivity contribution in [2.24, 2.45) is 5.92 Å². The van der Waals surface area contributed by atoms with Gasteiger partial charge in [-0.3, -0.25) is 0 Å². The van der Waals surface area contributed by atoms with Crippen LogP contribution in [0.5, 0.6) is 0 Å². The first-order valence-electron chi connectivity index (χ1n) is 4.31. The van der Waals surface area contributed by atoms with Gasteiger partial charge in [0.1, 0.15) is 0 Å². The van der Waals surface area contributed by atoms with E-state index in [2.05, 4.69) is 5.32 Å². The molecule has 0 aromatic carbocycles. The molecule has 1 N–H and O–H groups in total. The van der Waals surface area contributed by atoms with Gasteiger partial charge in [-0.05, 0) is 31.7 Å². The average molecular weight is 198 g/mol. The highest BCUT2D eigenvalue weighted by Crippen LogP contribution is 2.42. The summed E-state index contributed by atoms with van der Waals surface area (Å²) in [6.07, 6.45) is 2.69. The van der Waals surface area contributed by atoms with E-state index >= 15 is 0 Å². The van der Waals surface area contributed by atoms with Gasteiger partial charge in [-0.15, -0.1) is 12.4 Å². The summed E-state index contributed by atoms with van der Waals surface area (Å²) in [4.78, 5) is 0. The first-order valence-corrected chi connectivity index (χ1v) is 4.31. The minimum atomic E-state index is -2.43. The number of nitrogens with one attached hydrogen (secondary N) is 1. The molecule has 1 saturated heterocycles. The minimum Gasteiger partial charge on any atom is -0.308 e. The van der Waals surface area contributed by atoms with Crippen molar-refractivity contribution >= 4 is 12.4 Å². The molecule has 1 aliphatic heterocycles. The number of hydrogen-bond acceptors (Lipinski definition) is 1. The van der Waals surface area contributed by atoms with Crippen molar-refractivity contribution in [2.75, 3.05) is 6.54 Å². The van der Waals surface area contributed by atoms with E-state index in [1.165, 1.54) is 0 Å². The Morgan fingerprint density at radius 3 is 2.42 bits per heavy atom. The monoisotopic (exact) mass is 197 g/mol. The van der Waals surface area contributed by atoms with E-state index in [-0.39, 0.29) is 24.7 Å².